The Hall–Kier alpha value is -1.08. The first-order valence-corrected chi connectivity index (χ1v) is 7.70. The molecular formula is C16H21ClF3N3. The third-order valence-electron chi connectivity index (χ3n) is 4.60. The van der Waals surface area contributed by atoms with Crippen molar-refractivity contribution in [2.75, 3.05) is 21.1 Å². The molecule has 0 radical (unpaired) electrons. The molecule has 0 fully saturated rings. The molecule has 0 saturated carbocycles. The van der Waals surface area contributed by atoms with E-state index in [4.69, 9.17) is 11.6 Å². The normalized spacial score (nSPS) is 24.4. The lowest BCUT2D eigenvalue weighted by molar-refractivity contribution is -0.201. The molecule has 1 atom stereocenters. The average molecular weight is 348 g/mol. The third kappa shape index (κ3) is 3.40. The number of halogens is 4. The Kier molecular flexibility index (Phi) is 5.11. The standard InChI is InChI=1S/C16H21ClF3N3/c1-21-14(16(18,19)20)8-12(9-15(10-14,22-2)23-3)11-5-4-6-13(17)7-11/h4-7,9,21-23H,8,10H2,1-3H3. The molecule has 0 bridgehead atoms. The molecule has 0 aromatic heterocycles. The summed E-state index contributed by atoms with van der Waals surface area (Å²) in [4.78, 5) is 0. The van der Waals surface area contributed by atoms with Gasteiger partial charge < -0.3 is 5.32 Å². The van der Waals surface area contributed by atoms with Crippen LogP contribution >= 0.6 is 11.6 Å². The lowest BCUT2D eigenvalue weighted by atomic mass is 9.74. The fourth-order valence-corrected chi connectivity index (χ4v) is 3.29. The zero-order valence-electron chi connectivity index (χ0n) is 13.3. The molecule has 1 aromatic rings. The molecule has 2 rings (SSSR count). The van der Waals surface area contributed by atoms with Crippen molar-refractivity contribution in [1.29, 1.82) is 0 Å². The van der Waals surface area contributed by atoms with E-state index >= 15 is 0 Å². The molecular weight excluding hydrogens is 327 g/mol. The molecule has 0 aliphatic heterocycles. The van der Waals surface area contributed by atoms with Crippen molar-refractivity contribution in [3.05, 3.63) is 40.9 Å². The van der Waals surface area contributed by atoms with Gasteiger partial charge in [0.25, 0.3) is 0 Å². The van der Waals surface area contributed by atoms with Gasteiger partial charge in [-0.05, 0) is 56.9 Å². The summed E-state index contributed by atoms with van der Waals surface area (Å²) in [5.41, 5.74) is -1.70. The van der Waals surface area contributed by atoms with Crippen molar-refractivity contribution in [2.45, 2.75) is 30.2 Å². The van der Waals surface area contributed by atoms with Crippen molar-refractivity contribution in [2.24, 2.45) is 0 Å². The number of likely N-dealkylation sites (N-methyl/N-ethyl adjacent to an activating group) is 2. The van der Waals surface area contributed by atoms with Crippen LogP contribution in [0, 0.1) is 0 Å². The summed E-state index contributed by atoms with van der Waals surface area (Å²) in [6.45, 7) is 0. The Morgan fingerprint density at radius 2 is 1.74 bits per heavy atom. The zero-order chi connectivity index (χ0) is 17.3. The quantitative estimate of drug-likeness (QED) is 0.732. The predicted octanol–water partition coefficient (Wildman–Crippen LogP) is 3.17. The van der Waals surface area contributed by atoms with Crippen LogP contribution in [0.25, 0.3) is 5.57 Å². The molecule has 1 aliphatic carbocycles. The first-order valence-electron chi connectivity index (χ1n) is 7.32. The van der Waals surface area contributed by atoms with Gasteiger partial charge in [-0.25, -0.2) is 0 Å². The lowest BCUT2D eigenvalue weighted by Crippen LogP contribution is -2.67. The SMILES string of the molecule is CNC1(NC)C=C(c2cccc(Cl)c2)CC(NC)(C(F)(F)F)C1. The molecule has 0 saturated heterocycles. The highest BCUT2D eigenvalue weighted by atomic mass is 35.5. The topological polar surface area (TPSA) is 36.1 Å². The van der Waals surface area contributed by atoms with Crippen molar-refractivity contribution in [1.82, 2.24) is 16.0 Å². The highest BCUT2D eigenvalue weighted by molar-refractivity contribution is 6.30. The maximum atomic E-state index is 13.8. The Labute approximate surface area is 139 Å². The second-order valence-corrected chi connectivity index (χ2v) is 6.27. The van der Waals surface area contributed by atoms with Gasteiger partial charge in [0.05, 0.1) is 5.66 Å². The molecule has 23 heavy (non-hydrogen) atoms. The first-order chi connectivity index (χ1) is 10.7. The van der Waals surface area contributed by atoms with E-state index < -0.39 is 17.4 Å². The zero-order valence-corrected chi connectivity index (χ0v) is 14.1. The summed E-state index contributed by atoms with van der Waals surface area (Å²) in [6.07, 6.45) is -2.88. The van der Waals surface area contributed by atoms with Crippen molar-refractivity contribution >= 4 is 17.2 Å². The molecule has 3 N–H and O–H groups in total. The van der Waals surface area contributed by atoms with Gasteiger partial charge in [-0.2, -0.15) is 13.2 Å². The molecule has 128 valence electrons. The van der Waals surface area contributed by atoms with Gasteiger partial charge in [-0.3, -0.25) is 10.6 Å². The van der Waals surface area contributed by atoms with Gasteiger partial charge >= 0.3 is 6.18 Å². The van der Waals surface area contributed by atoms with Crippen LogP contribution in [-0.4, -0.2) is 38.5 Å². The Morgan fingerprint density at radius 3 is 2.22 bits per heavy atom. The molecule has 7 heteroatoms. The molecule has 1 aromatic carbocycles. The van der Waals surface area contributed by atoms with E-state index in [1.807, 2.05) is 6.08 Å². The van der Waals surface area contributed by atoms with E-state index in [9.17, 15) is 13.2 Å². The van der Waals surface area contributed by atoms with Gasteiger partial charge in [0.1, 0.15) is 5.54 Å². The summed E-state index contributed by atoms with van der Waals surface area (Å²) in [5.74, 6) is 0. The maximum Gasteiger partial charge on any atom is 0.407 e. The summed E-state index contributed by atoms with van der Waals surface area (Å²) >= 11 is 6.00. The smallest absolute Gasteiger partial charge is 0.306 e. The third-order valence-corrected chi connectivity index (χ3v) is 4.84. The highest BCUT2D eigenvalue weighted by Gasteiger charge is 2.58. The van der Waals surface area contributed by atoms with E-state index in [0.717, 1.165) is 0 Å². The van der Waals surface area contributed by atoms with Crippen molar-refractivity contribution < 1.29 is 13.2 Å². The second-order valence-electron chi connectivity index (χ2n) is 5.83. The second kappa shape index (κ2) is 6.43. The van der Waals surface area contributed by atoms with E-state index in [0.29, 0.717) is 16.2 Å². The average Bonchev–Trinajstić information content (AvgIpc) is 2.53. The van der Waals surface area contributed by atoms with E-state index in [-0.39, 0.29) is 12.8 Å². The molecule has 0 heterocycles. The van der Waals surface area contributed by atoms with Crippen LogP contribution in [-0.2, 0) is 0 Å². The van der Waals surface area contributed by atoms with Crippen LogP contribution < -0.4 is 16.0 Å². The number of alkyl halides is 3. The fourth-order valence-electron chi connectivity index (χ4n) is 3.10. The van der Waals surface area contributed by atoms with Crippen LogP contribution in [0.15, 0.2) is 30.3 Å². The van der Waals surface area contributed by atoms with Gasteiger partial charge in [0.15, 0.2) is 0 Å². The summed E-state index contributed by atoms with van der Waals surface area (Å²) < 4.78 is 41.4. The van der Waals surface area contributed by atoms with Crippen LogP contribution in [0.5, 0.6) is 0 Å². The number of hydrogen-bond acceptors (Lipinski definition) is 3. The minimum absolute atomic E-state index is 0.154. The predicted molar refractivity (Wildman–Crippen MR) is 87.4 cm³/mol. The van der Waals surface area contributed by atoms with E-state index in [1.165, 1.54) is 7.05 Å². The molecule has 1 aliphatic rings. The number of benzene rings is 1. The van der Waals surface area contributed by atoms with Crippen LogP contribution in [0.4, 0.5) is 13.2 Å². The fraction of sp³-hybridized carbons (Fsp3) is 0.500. The Bertz CT molecular complexity index is 596. The molecule has 3 nitrogen and oxygen atoms in total. The van der Waals surface area contributed by atoms with Gasteiger partial charge in [-0.1, -0.05) is 23.7 Å². The van der Waals surface area contributed by atoms with E-state index in [1.54, 1.807) is 38.4 Å². The van der Waals surface area contributed by atoms with Crippen LogP contribution in [0.3, 0.4) is 0 Å². The minimum atomic E-state index is -4.39. The Morgan fingerprint density at radius 1 is 1.09 bits per heavy atom. The Balaban J connectivity index is 2.58. The summed E-state index contributed by atoms with van der Waals surface area (Å²) in [6, 6.07) is 6.90. The largest absolute Gasteiger partial charge is 0.407 e. The van der Waals surface area contributed by atoms with Gasteiger partial charge in [0.2, 0.25) is 0 Å². The van der Waals surface area contributed by atoms with Crippen LogP contribution in [0.1, 0.15) is 18.4 Å². The van der Waals surface area contributed by atoms with Crippen molar-refractivity contribution in [3.63, 3.8) is 0 Å². The summed E-state index contributed by atoms with van der Waals surface area (Å²) in [5, 5.41) is 8.98. The van der Waals surface area contributed by atoms with Crippen LogP contribution in [0.2, 0.25) is 5.02 Å². The maximum absolute atomic E-state index is 13.8. The molecule has 0 amide bonds. The van der Waals surface area contributed by atoms with E-state index in [2.05, 4.69) is 16.0 Å². The molecule has 0 spiro atoms. The van der Waals surface area contributed by atoms with Gasteiger partial charge in [0, 0.05) is 11.4 Å². The van der Waals surface area contributed by atoms with Crippen molar-refractivity contribution in [3.8, 4) is 0 Å². The number of hydrogen-bond donors (Lipinski definition) is 3. The summed E-state index contributed by atoms with van der Waals surface area (Å²) in [7, 11) is 4.64. The monoisotopic (exact) mass is 347 g/mol. The number of nitrogens with one attached hydrogen (secondary N) is 3. The number of rotatable bonds is 4. The minimum Gasteiger partial charge on any atom is -0.306 e. The highest BCUT2D eigenvalue weighted by Crippen LogP contribution is 2.46. The first kappa shape index (κ1) is 18.3. The lowest BCUT2D eigenvalue weighted by Gasteiger charge is -2.47. The van der Waals surface area contributed by atoms with Gasteiger partial charge in [-0.15, -0.1) is 0 Å². The molecule has 1 unspecified atom stereocenters.